The summed E-state index contributed by atoms with van der Waals surface area (Å²) < 4.78 is 5.88. The predicted octanol–water partition coefficient (Wildman–Crippen LogP) is 2.02. The molecule has 4 nitrogen and oxygen atoms in total. The molecule has 1 N–H and O–H groups in total. The van der Waals surface area contributed by atoms with E-state index in [1.165, 1.54) is 51.1 Å². The number of hydrogen-bond acceptors (Lipinski definition) is 4. The van der Waals surface area contributed by atoms with Crippen LogP contribution >= 0.6 is 0 Å². The third kappa shape index (κ3) is 3.16. The van der Waals surface area contributed by atoms with Crippen molar-refractivity contribution in [3.63, 3.8) is 0 Å². The van der Waals surface area contributed by atoms with Gasteiger partial charge in [-0.1, -0.05) is 12.1 Å². The highest BCUT2D eigenvalue weighted by Gasteiger charge is 2.26. The molecular weight excluding hydrogens is 262 g/mol. The second kappa shape index (κ2) is 5.85. The fourth-order valence-electron chi connectivity index (χ4n) is 3.39. The Morgan fingerprint density at radius 2 is 1.90 bits per heavy atom. The minimum absolute atomic E-state index is 0.777. The Balaban J connectivity index is 1.36. The van der Waals surface area contributed by atoms with Crippen LogP contribution in [0.4, 0.5) is 5.69 Å². The highest BCUT2D eigenvalue weighted by atomic mass is 16.5. The Morgan fingerprint density at radius 3 is 2.71 bits per heavy atom. The predicted molar refractivity (Wildman–Crippen MR) is 84.9 cm³/mol. The first-order valence-electron chi connectivity index (χ1n) is 8.32. The van der Waals surface area contributed by atoms with Crippen LogP contribution < -0.4 is 10.1 Å². The number of anilines is 1. The molecule has 114 valence electrons. The average molecular weight is 287 g/mol. The number of nitrogens with zero attached hydrogens (tertiary/aromatic N) is 2. The molecule has 2 aliphatic heterocycles. The zero-order chi connectivity index (χ0) is 14.1. The van der Waals surface area contributed by atoms with E-state index in [9.17, 15) is 0 Å². The minimum atomic E-state index is 0.777. The number of para-hydroxylation sites is 1. The lowest BCUT2D eigenvalue weighted by Crippen LogP contribution is -2.46. The zero-order valence-electron chi connectivity index (χ0n) is 12.7. The van der Waals surface area contributed by atoms with Gasteiger partial charge in [0, 0.05) is 51.4 Å². The molecule has 0 atom stereocenters. The Kier molecular flexibility index (Phi) is 3.74. The molecular formula is C17H25N3O. The van der Waals surface area contributed by atoms with E-state index in [2.05, 4.69) is 33.3 Å². The van der Waals surface area contributed by atoms with Crippen molar-refractivity contribution in [1.29, 1.82) is 0 Å². The third-order valence-corrected chi connectivity index (χ3v) is 4.83. The molecule has 0 bridgehead atoms. The Bertz CT molecular complexity index is 493. The SMILES string of the molecule is c1cc(CN2CCN(CC3CC3)CC2)c2c(c1)NCCO2. The molecule has 2 heterocycles. The molecule has 1 saturated heterocycles. The van der Waals surface area contributed by atoms with Gasteiger partial charge in [0.15, 0.2) is 0 Å². The molecule has 0 amide bonds. The van der Waals surface area contributed by atoms with Crippen molar-refractivity contribution in [2.45, 2.75) is 19.4 Å². The fraction of sp³-hybridized carbons (Fsp3) is 0.647. The molecule has 0 aromatic heterocycles. The second-order valence-corrected chi connectivity index (χ2v) is 6.59. The van der Waals surface area contributed by atoms with Crippen molar-refractivity contribution in [3.8, 4) is 5.75 Å². The van der Waals surface area contributed by atoms with Gasteiger partial charge in [-0.05, 0) is 24.8 Å². The fourth-order valence-corrected chi connectivity index (χ4v) is 3.39. The molecule has 0 unspecified atom stereocenters. The van der Waals surface area contributed by atoms with E-state index in [0.717, 1.165) is 37.1 Å². The molecule has 2 fully saturated rings. The molecule has 1 aromatic rings. The molecule has 4 rings (SSSR count). The first-order chi connectivity index (χ1) is 10.4. The number of benzene rings is 1. The van der Waals surface area contributed by atoms with E-state index in [1.54, 1.807) is 0 Å². The van der Waals surface area contributed by atoms with Crippen molar-refractivity contribution >= 4 is 5.69 Å². The summed E-state index contributed by atoms with van der Waals surface area (Å²) in [6, 6.07) is 6.47. The smallest absolute Gasteiger partial charge is 0.146 e. The highest BCUT2D eigenvalue weighted by molar-refractivity contribution is 5.61. The van der Waals surface area contributed by atoms with E-state index >= 15 is 0 Å². The minimum Gasteiger partial charge on any atom is -0.489 e. The summed E-state index contributed by atoms with van der Waals surface area (Å²) in [5.41, 5.74) is 2.49. The number of hydrogen-bond donors (Lipinski definition) is 1. The topological polar surface area (TPSA) is 27.7 Å². The van der Waals surface area contributed by atoms with Crippen LogP contribution in [0.5, 0.6) is 5.75 Å². The van der Waals surface area contributed by atoms with Gasteiger partial charge in [-0.15, -0.1) is 0 Å². The lowest BCUT2D eigenvalue weighted by atomic mass is 10.1. The zero-order valence-corrected chi connectivity index (χ0v) is 12.7. The average Bonchev–Trinajstić information content (AvgIpc) is 3.34. The lowest BCUT2D eigenvalue weighted by molar-refractivity contribution is 0.122. The van der Waals surface area contributed by atoms with Crippen LogP contribution in [0, 0.1) is 5.92 Å². The van der Waals surface area contributed by atoms with Gasteiger partial charge < -0.3 is 15.0 Å². The van der Waals surface area contributed by atoms with Crippen molar-refractivity contribution in [1.82, 2.24) is 9.80 Å². The van der Waals surface area contributed by atoms with Gasteiger partial charge in [0.1, 0.15) is 12.4 Å². The highest BCUT2D eigenvalue weighted by Crippen LogP contribution is 2.32. The van der Waals surface area contributed by atoms with Crippen LogP contribution in [0.2, 0.25) is 0 Å². The van der Waals surface area contributed by atoms with Crippen LogP contribution in [0.3, 0.4) is 0 Å². The summed E-state index contributed by atoms with van der Waals surface area (Å²) in [5.74, 6) is 2.08. The Morgan fingerprint density at radius 1 is 1.10 bits per heavy atom. The molecule has 1 aromatic carbocycles. The summed E-state index contributed by atoms with van der Waals surface area (Å²) >= 11 is 0. The maximum Gasteiger partial charge on any atom is 0.146 e. The van der Waals surface area contributed by atoms with Crippen LogP contribution in [-0.4, -0.2) is 55.7 Å². The molecule has 4 heteroatoms. The van der Waals surface area contributed by atoms with Gasteiger partial charge in [0.2, 0.25) is 0 Å². The Hall–Kier alpha value is -1.26. The van der Waals surface area contributed by atoms with E-state index in [1.807, 2.05) is 0 Å². The quantitative estimate of drug-likeness (QED) is 0.917. The summed E-state index contributed by atoms with van der Waals surface area (Å²) in [6.07, 6.45) is 2.92. The largest absolute Gasteiger partial charge is 0.489 e. The summed E-state index contributed by atoms with van der Waals surface area (Å²) in [6.45, 7) is 8.86. The van der Waals surface area contributed by atoms with Gasteiger partial charge in [0.05, 0.1) is 5.69 Å². The van der Waals surface area contributed by atoms with Crippen molar-refractivity contribution in [3.05, 3.63) is 23.8 Å². The van der Waals surface area contributed by atoms with Crippen molar-refractivity contribution < 1.29 is 4.74 Å². The number of nitrogens with one attached hydrogen (secondary N) is 1. The first-order valence-corrected chi connectivity index (χ1v) is 8.32. The van der Waals surface area contributed by atoms with Gasteiger partial charge >= 0.3 is 0 Å². The molecule has 21 heavy (non-hydrogen) atoms. The van der Waals surface area contributed by atoms with Crippen LogP contribution in [0.25, 0.3) is 0 Å². The van der Waals surface area contributed by atoms with Gasteiger partial charge in [-0.25, -0.2) is 0 Å². The molecule has 1 saturated carbocycles. The number of rotatable bonds is 4. The second-order valence-electron chi connectivity index (χ2n) is 6.59. The number of piperazine rings is 1. The summed E-state index contributed by atoms with van der Waals surface area (Å²) in [4.78, 5) is 5.21. The standard InChI is InChI=1S/C17H25N3O/c1-2-15(17-16(3-1)18-6-11-21-17)13-20-9-7-19(8-10-20)12-14-4-5-14/h1-3,14,18H,4-13H2. The van der Waals surface area contributed by atoms with Gasteiger partial charge in [0.25, 0.3) is 0 Å². The van der Waals surface area contributed by atoms with E-state index in [4.69, 9.17) is 4.74 Å². The number of fused-ring (bicyclic) bond motifs is 1. The van der Waals surface area contributed by atoms with Gasteiger partial charge in [-0.3, -0.25) is 4.90 Å². The maximum absolute atomic E-state index is 5.88. The van der Waals surface area contributed by atoms with E-state index in [0.29, 0.717) is 0 Å². The normalized spacial score (nSPS) is 23.2. The van der Waals surface area contributed by atoms with E-state index in [-0.39, 0.29) is 0 Å². The summed E-state index contributed by atoms with van der Waals surface area (Å²) in [5, 5.41) is 3.42. The molecule has 0 radical (unpaired) electrons. The van der Waals surface area contributed by atoms with Gasteiger partial charge in [-0.2, -0.15) is 0 Å². The third-order valence-electron chi connectivity index (χ3n) is 4.83. The van der Waals surface area contributed by atoms with Crippen molar-refractivity contribution in [2.24, 2.45) is 5.92 Å². The van der Waals surface area contributed by atoms with Crippen LogP contribution in [-0.2, 0) is 6.54 Å². The monoisotopic (exact) mass is 287 g/mol. The first kappa shape index (κ1) is 13.4. The van der Waals surface area contributed by atoms with Crippen LogP contribution in [0.15, 0.2) is 18.2 Å². The molecule has 3 aliphatic rings. The summed E-state index contributed by atoms with van der Waals surface area (Å²) in [7, 11) is 0. The maximum atomic E-state index is 5.88. The molecule has 0 spiro atoms. The lowest BCUT2D eigenvalue weighted by Gasteiger charge is -2.35. The number of ether oxygens (including phenoxy) is 1. The van der Waals surface area contributed by atoms with E-state index < -0.39 is 0 Å². The molecule has 1 aliphatic carbocycles. The Labute approximate surface area is 127 Å². The van der Waals surface area contributed by atoms with Crippen LogP contribution in [0.1, 0.15) is 18.4 Å². The van der Waals surface area contributed by atoms with Crippen molar-refractivity contribution in [2.75, 3.05) is 51.2 Å².